The largest absolute Gasteiger partial charge is 0.507 e. The van der Waals surface area contributed by atoms with Gasteiger partial charge in [-0.25, -0.2) is 0 Å². The van der Waals surface area contributed by atoms with Crippen molar-refractivity contribution in [1.82, 2.24) is 10.9 Å². The molecule has 0 radical (unpaired) electrons. The van der Waals surface area contributed by atoms with Gasteiger partial charge in [-0.2, -0.15) is 0 Å². The van der Waals surface area contributed by atoms with Crippen molar-refractivity contribution < 1.29 is 19.8 Å². The number of Topliss-reactive ketones (excluding diaryl/α,β-unsaturated/α-hetero) is 2. The molecule has 0 heterocycles. The van der Waals surface area contributed by atoms with Crippen molar-refractivity contribution in [3.8, 4) is 11.5 Å². The summed E-state index contributed by atoms with van der Waals surface area (Å²) in [6, 6.07) is 8.15. The number of hydrogen-bond acceptors (Lipinski definition) is 6. The second-order valence-electron chi connectivity index (χ2n) is 17.9. The van der Waals surface area contributed by atoms with Gasteiger partial charge in [0, 0.05) is 37.8 Å². The minimum absolute atomic E-state index is 0.214. The van der Waals surface area contributed by atoms with Gasteiger partial charge in [0.25, 0.3) is 0 Å². The van der Waals surface area contributed by atoms with Gasteiger partial charge in [0.05, 0.1) is 0 Å². The molecule has 0 aliphatic rings. The molecule has 0 spiro atoms. The van der Waals surface area contributed by atoms with Crippen molar-refractivity contribution in [2.75, 3.05) is 13.1 Å². The van der Waals surface area contributed by atoms with E-state index < -0.39 is 0 Å². The predicted octanol–water partition coefficient (Wildman–Crippen LogP) is 9.77. The van der Waals surface area contributed by atoms with E-state index >= 15 is 0 Å². The molecule has 6 heteroatoms. The Hall–Kier alpha value is -2.70. The molecule has 0 fully saturated rings. The van der Waals surface area contributed by atoms with Gasteiger partial charge < -0.3 is 10.2 Å². The number of carbonyl (C=O) groups is 2. The number of phenolic OH excluding ortho intramolecular Hbond substituents is 2. The van der Waals surface area contributed by atoms with Crippen LogP contribution < -0.4 is 10.9 Å². The van der Waals surface area contributed by atoms with Crippen molar-refractivity contribution in [3.63, 3.8) is 0 Å². The second kappa shape index (κ2) is 16.3. The van der Waals surface area contributed by atoms with Gasteiger partial charge in [0.15, 0.2) is 0 Å². The highest BCUT2D eigenvalue weighted by Crippen LogP contribution is 2.43. The van der Waals surface area contributed by atoms with Crippen molar-refractivity contribution >= 4 is 11.6 Å². The van der Waals surface area contributed by atoms with Crippen LogP contribution in [0.25, 0.3) is 0 Å². The highest BCUT2D eigenvalue weighted by atomic mass is 16.3. The quantitative estimate of drug-likeness (QED) is 0.112. The average Bonchev–Trinajstić information content (AvgIpc) is 2.93. The van der Waals surface area contributed by atoms with Crippen LogP contribution in [0.4, 0.5) is 0 Å². The van der Waals surface area contributed by atoms with E-state index in [1.165, 1.54) is 0 Å². The molecule has 2 rings (SSSR count). The van der Waals surface area contributed by atoms with Crippen LogP contribution in [0.3, 0.4) is 0 Å². The molecule has 0 aromatic heterocycles. The van der Waals surface area contributed by atoms with Gasteiger partial charge in [-0.3, -0.25) is 20.4 Å². The monoisotopic (exact) mass is 665 g/mol. The number of hydrogen-bond donors (Lipinski definition) is 4. The highest BCUT2D eigenvalue weighted by molar-refractivity contribution is 5.86. The van der Waals surface area contributed by atoms with Crippen LogP contribution in [-0.2, 0) is 31.2 Å². The third-order valence-corrected chi connectivity index (χ3v) is 9.31. The van der Waals surface area contributed by atoms with Gasteiger partial charge in [-0.1, -0.05) is 121 Å². The number of aromatic hydroxyl groups is 2. The molecular formula is C42H68N2O4. The van der Waals surface area contributed by atoms with Gasteiger partial charge >= 0.3 is 0 Å². The lowest BCUT2D eigenvalue weighted by atomic mass is 9.76. The van der Waals surface area contributed by atoms with Gasteiger partial charge in [0.1, 0.15) is 23.1 Å². The Morgan fingerprint density at radius 1 is 0.542 bits per heavy atom. The molecule has 270 valence electrons. The summed E-state index contributed by atoms with van der Waals surface area (Å²) in [4.78, 5) is 27.0. The standard InChI is InChI=1S/C42H68N2O4/c1-15-17-35(45)29(27-23-31(39(3,4)5)37(47)32(24-27)40(6,7)8)19-21-43-44-22-20-30(36(46)18-16-2)28-25-33(41(9,10)11)38(48)34(26-28)42(12,13)14/h23-26,29-30,43-44,47-48H,15-22H2,1-14H3. The first-order valence-corrected chi connectivity index (χ1v) is 18.2. The number of ketones is 2. The molecule has 48 heavy (non-hydrogen) atoms. The third kappa shape index (κ3) is 10.9. The Morgan fingerprint density at radius 3 is 1.00 bits per heavy atom. The topological polar surface area (TPSA) is 98.7 Å². The summed E-state index contributed by atoms with van der Waals surface area (Å²) in [6.07, 6.45) is 3.82. The van der Waals surface area contributed by atoms with E-state index in [0.29, 0.717) is 50.3 Å². The Bertz CT molecular complexity index is 1220. The SMILES string of the molecule is CCCC(=O)C(CCNNCCC(C(=O)CCC)c1cc(C(C)(C)C)c(O)c(C(C)(C)C)c1)c1cc(C(C)(C)C)c(O)c(C(C)(C)C)c1. The van der Waals surface area contributed by atoms with Crippen LogP contribution >= 0.6 is 0 Å². The van der Waals surface area contributed by atoms with Crippen LogP contribution in [0.1, 0.15) is 181 Å². The first kappa shape index (κ1) is 41.5. The maximum Gasteiger partial charge on any atom is 0.140 e. The molecule has 2 aromatic carbocycles. The van der Waals surface area contributed by atoms with Crippen molar-refractivity contribution in [2.24, 2.45) is 0 Å². The summed E-state index contributed by atoms with van der Waals surface area (Å²) in [5.41, 5.74) is 11.0. The van der Waals surface area contributed by atoms with E-state index in [1.54, 1.807) is 0 Å². The number of phenols is 2. The Balaban J connectivity index is 2.31. The second-order valence-corrected chi connectivity index (χ2v) is 17.9. The van der Waals surface area contributed by atoms with E-state index in [1.807, 2.05) is 38.1 Å². The smallest absolute Gasteiger partial charge is 0.140 e. The van der Waals surface area contributed by atoms with E-state index in [-0.39, 0.29) is 45.1 Å². The summed E-state index contributed by atoms with van der Waals surface area (Å²) in [5.74, 6) is 0.503. The Kier molecular flexibility index (Phi) is 14.1. The molecule has 0 bridgehead atoms. The summed E-state index contributed by atoms with van der Waals surface area (Å²) in [7, 11) is 0. The highest BCUT2D eigenvalue weighted by Gasteiger charge is 2.31. The minimum Gasteiger partial charge on any atom is -0.507 e. The van der Waals surface area contributed by atoms with E-state index in [9.17, 15) is 19.8 Å². The maximum absolute atomic E-state index is 13.5. The number of carbonyl (C=O) groups excluding carboxylic acids is 2. The first-order chi connectivity index (χ1) is 21.9. The summed E-state index contributed by atoms with van der Waals surface area (Å²) in [5, 5.41) is 22.5. The van der Waals surface area contributed by atoms with Crippen LogP contribution in [0.15, 0.2) is 24.3 Å². The fourth-order valence-electron chi connectivity index (χ4n) is 6.48. The number of hydrazine groups is 1. The number of benzene rings is 2. The van der Waals surface area contributed by atoms with Crippen molar-refractivity contribution in [1.29, 1.82) is 0 Å². The molecule has 0 saturated carbocycles. The van der Waals surface area contributed by atoms with Gasteiger partial charge in [-0.15, -0.1) is 0 Å². The van der Waals surface area contributed by atoms with Crippen LogP contribution in [0, 0.1) is 0 Å². The first-order valence-electron chi connectivity index (χ1n) is 18.2. The average molecular weight is 665 g/mol. The molecule has 0 aliphatic carbocycles. The fourth-order valence-corrected chi connectivity index (χ4v) is 6.48. The lowest BCUT2D eigenvalue weighted by Crippen LogP contribution is -2.36. The lowest BCUT2D eigenvalue weighted by Gasteiger charge is -2.30. The zero-order valence-corrected chi connectivity index (χ0v) is 32.8. The molecule has 0 saturated heterocycles. The van der Waals surface area contributed by atoms with Gasteiger partial charge in [-0.05, 0) is 80.7 Å². The fraction of sp³-hybridized carbons (Fsp3) is 0.667. The van der Waals surface area contributed by atoms with Crippen LogP contribution in [0.2, 0.25) is 0 Å². The molecule has 2 unspecified atom stereocenters. The molecule has 2 aromatic rings. The normalized spacial score (nSPS) is 14.2. The summed E-state index contributed by atoms with van der Waals surface area (Å²) >= 11 is 0. The minimum atomic E-state index is -0.287. The van der Waals surface area contributed by atoms with Crippen LogP contribution in [-0.4, -0.2) is 34.9 Å². The van der Waals surface area contributed by atoms with Crippen molar-refractivity contribution in [3.05, 3.63) is 57.6 Å². The van der Waals surface area contributed by atoms with E-state index in [4.69, 9.17) is 0 Å². The Labute approximate surface area is 292 Å². The number of nitrogens with one attached hydrogen (secondary N) is 2. The molecule has 6 nitrogen and oxygen atoms in total. The van der Waals surface area contributed by atoms with E-state index in [0.717, 1.165) is 46.2 Å². The Morgan fingerprint density at radius 2 is 0.792 bits per heavy atom. The molecule has 4 N–H and O–H groups in total. The summed E-state index contributed by atoms with van der Waals surface area (Å²) in [6.45, 7) is 30.4. The maximum atomic E-state index is 13.5. The van der Waals surface area contributed by atoms with Gasteiger partial charge in [0.2, 0.25) is 0 Å². The number of rotatable bonds is 15. The lowest BCUT2D eigenvalue weighted by molar-refractivity contribution is -0.121. The molecule has 0 aliphatic heterocycles. The van der Waals surface area contributed by atoms with E-state index in [2.05, 4.69) is 93.9 Å². The molecule has 2 atom stereocenters. The van der Waals surface area contributed by atoms with Crippen molar-refractivity contribution in [2.45, 2.75) is 169 Å². The molecule has 0 amide bonds. The van der Waals surface area contributed by atoms with Crippen LogP contribution in [0.5, 0.6) is 11.5 Å². The summed E-state index contributed by atoms with van der Waals surface area (Å²) < 4.78 is 0. The zero-order valence-electron chi connectivity index (χ0n) is 32.8. The predicted molar refractivity (Wildman–Crippen MR) is 202 cm³/mol. The zero-order chi connectivity index (χ0) is 36.8. The molecular weight excluding hydrogens is 596 g/mol. The third-order valence-electron chi connectivity index (χ3n) is 9.31.